The van der Waals surface area contributed by atoms with Crippen LogP contribution in [0.5, 0.6) is 0 Å². The Labute approximate surface area is 208 Å². The van der Waals surface area contributed by atoms with Crippen LogP contribution in [0.1, 0.15) is 23.6 Å². The van der Waals surface area contributed by atoms with Crippen LogP contribution in [0.3, 0.4) is 0 Å². The van der Waals surface area contributed by atoms with Gasteiger partial charge in [0.25, 0.3) is 5.91 Å². The molecular formula is C27H25ClF2N4O. The number of piperazine rings is 1. The molecule has 180 valence electrons. The van der Waals surface area contributed by atoms with Crippen LogP contribution in [0, 0.1) is 11.6 Å². The molecule has 2 heterocycles. The van der Waals surface area contributed by atoms with E-state index in [9.17, 15) is 13.6 Å². The number of nitrogens with zero attached hydrogens (tertiary/aromatic N) is 4. The number of hydrogen-bond donors (Lipinski definition) is 0. The fraction of sp³-hybridized carbons (Fsp3) is 0.259. The van der Waals surface area contributed by atoms with E-state index in [4.69, 9.17) is 11.6 Å². The highest BCUT2D eigenvalue weighted by molar-refractivity contribution is 6.30. The van der Waals surface area contributed by atoms with Crippen LogP contribution in [0.15, 0.2) is 77.9 Å². The van der Waals surface area contributed by atoms with Crippen LogP contribution in [-0.4, -0.2) is 54.3 Å². The van der Waals surface area contributed by atoms with Crippen LogP contribution in [-0.2, 0) is 4.79 Å². The zero-order valence-electron chi connectivity index (χ0n) is 19.1. The molecule has 0 aliphatic carbocycles. The van der Waals surface area contributed by atoms with E-state index in [1.165, 1.54) is 17.1 Å². The first-order chi connectivity index (χ1) is 17.0. The molecule has 35 heavy (non-hydrogen) atoms. The molecule has 1 saturated heterocycles. The predicted octanol–water partition coefficient (Wildman–Crippen LogP) is 5.12. The van der Waals surface area contributed by atoms with E-state index in [-0.39, 0.29) is 30.1 Å². The number of amides is 1. The van der Waals surface area contributed by atoms with Crippen LogP contribution in [0.25, 0.3) is 0 Å². The second kappa shape index (κ2) is 10.1. The number of carbonyl (C=O) groups is 1. The molecule has 1 atom stereocenters. The lowest BCUT2D eigenvalue weighted by molar-refractivity contribution is -0.134. The van der Waals surface area contributed by atoms with Gasteiger partial charge in [0.05, 0.1) is 24.0 Å². The van der Waals surface area contributed by atoms with Gasteiger partial charge in [-0.15, -0.1) is 0 Å². The molecule has 5 nitrogen and oxygen atoms in total. The van der Waals surface area contributed by atoms with E-state index in [2.05, 4.69) is 10.0 Å². The molecule has 1 amide bonds. The molecule has 0 unspecified atom stereocenters. The van der Waals surface area contributed by atoms with Gasteiger partial charge in [-0.25, -0.2) is 13.8 Å². The fourth-order valence-corrected chi connectivity index (χ4v) is 4.79. The van der Waals surface area contributed by atoms with E-state index in [0.29, 0.717) is 54.6 Å². The average Bonchev–Trinajstić information content (AvgIpc) is 3.31. The molecule has 0 N–H and O–H groups in total. The maximum Gasteiger partial charge on any atom is 0.257 e. The summed E-state index contributed by atoms with van der Waals surface area (Å²) in [5.74, 6) is -0.759. The maximum atomic E-state index is 14.5. The zero-order chi connectivity index (χ0) is 24.4. The van der Waals surface area contributed by atoms with Gasteiger partial charge in [-0.3, -0.25) is 9.69 Å². The normalized spacial score (nSPS) is 18.6. The standard InChI is InChI=1S/C27H25ClF2N4O/c28-20-11-9-19(10-12-20)26-17-24(21-5-1-2-6-22(21)29)31-34(26)27(35)18-32-13-15-33(16-14-32)25-8-4-3-7-23(25)30/h1-12,26H,13-18H2/t26-/m1/s1. The van der Waals surface area contributed by atoms with Crippen molar-refractivity contribution in [2.45, 2.75) is 12.5 Å². The number of anilines is 1. The zero-order valence-corrected chi connectivity index (χ0v) is 19.8. The van der Waals surface area contributed by atoms with E-state index in [1.807, 2.05) is 23.1 Å². The summed E-state index contributed by atoms with van der Waals surface area (Å²) < 4.78 is 28.6. The lowest BCUT2D eigenvalue weighted by Gasteiger charge is -2.36. The molecule has 1 fully saturated rings. The summed E-state index contributed by atoms with van der Waals surface area (Å²) in [6.45, 7) is 2.69. The largest absolute Gasteiger partial charge is 0.367 e. The van der Waals surface area contributed by atoms with Crippen molar-refractivity contribution in [1.82, 2.24) is 9.91 Å². The highest BCUT2D eigenvalue weighted by atomic mass is 35.5. The summed E-state index contributed by atoms with van der Waals surface area (Å²) in [7, 11) is 0. The second-order valence-electron chi connectivity index (χ2n) is 8.75. The van der Waals surface area contributed by atoms with Crippen LogP contribution in [0.4, 0.5) is 14.5 Å². The average molecular weight is 495 g/mol. The first-order valence-corrected chi connectivity index (χ1v) is 12.0. The van der Waals surface area contributed by atoms with Gasteiger partial charge in [-0.2, -0.15) is 5.10 Å². The van der Waals surface area contributed by atoms with Gasteiger partial charge < -0.3 is 4.90 Å². The molecule has 0 saturated carbocycles. The Balaban J connectivity index is 1.32. The number of rotatable bonds is 5. The molecule has 8 heteroatoms. The summed E-state index contributed by atoms with van der Waals surface area (Å²) in [6.07, 6.45) is 0.412. The van der Waals surface area contributed by atoms with Crippen LogP contribution in [0.2, 0.25) is 5.02 Å². The summed E-state index contributed by atoms with van der Waals surface area (Å²) in [6, 6.07) is 20.2. The minimum atomic E-state index is -0.361. The van der Waals surface area contributed by atoms with Gasteiger partial charge in [-0.1, -0.05) is 54.1 Å². The van der Waals surface area contributed by atoms with Crippen molar-refractivity contribution < 1.29 is 13.6 Å². The molecule has 0 radical (unpaired) electrons. The first kappa shape index (κ1) is 23.5. The lowest BCUT2D eigenvalue weighted by atomic mass is 9.98. The molecule has 0 bridgehead atoms. The SMILES string of the molecule is O=C(CN1CCN(c2ccccc2F)CC1)N1N=C(c2ccccc2F)C[C@@H]1c1ccc(Cl)cc1. The molecule has 5 rings (SSSR count). The topological polar surface area (TPSA) is 39.2 Å². The minimum absolute atomic E-state index is 0.157. The molecule has 0 spiro atoms. The Hall–Kier alpha value is -3.29. The highest BCUT2D eigenvalue weighted by Crippen LogP contribution is 2.34. The maximum absolute atomic E-state index is 14.5. The van der Waals surface area contributed by atoms with Crippen molar-refractivity contribution in [2.75, 3.05) is 37.6 Å². The van der Waals surface area contributed by atoms with E-state index < -0.39 is 0 Å². The van der Waals surface area contributed by atoms with Crippen molar-refractivity contribution in [1.29, 1.82) is 0 Å². The number of carbonyl (C=O) groups excluding carboxylic acids is 1. The van der Waals surface area contributed by atoms with E-state index in [1.54, 1.807) is 42.5 Å². The van der Waals surface area contributed by atoms with E-state index >= 15 is 0 Å². The van der Waals surface area contributed by atoms with Crippen LogP contribution >= 0.6 is 11.6 Å². The van der Waals surface area contributed by atoms with Gasteiger partial charge in [-0.05, 0) is 35.9 Å². The van der Waals surface area contributed by atoms with E-state index in [0.717, 1.165) is 5.56 Å². The molecule has 2 aliphatic rings. The monoisotopic (exact) mass is 494 g/mol. The fourth-order valence-electron chi connectivity index (χ4n) is 4.66. The van der Waals surface area contributed by atoms with Crippen molar-refractivity contribution in [3.05, 3.63) is 101 Å². The Bertz CT molecular complexity index is 1240. The number of hydrogen-bond acceptors (Lipinski definition) is 4. The molecular weight excluding hydrogens is 470 g/mol. The summed E-state index contributed by atoms with van der Waals surface area (Å²) >= 11 is 6.06. The lowest BCUT2D eigenvalue weighted by Crippen LogP contribution is -2.49. The molecule has 0 aromatic heterocycles. The predicted molar refractivity (Wildman–Crippen MR) is 134 cm³/mol. The third-order valence-electron chi connectivity index (χ3n) is 6.53. The first-order valence-electron chi connectivity index (χ1n) is 11.6. The van der Waals surface area contributed by atoms with Gasteiger partial charge >= 0.3 is 0 Å². The number of hydrazone groups is 1. The van der Waals surface area contributed by atoms with Crippen molar-refractivity contribution in [2.24, 2.45) is 5.10 Å². The Morgan fingerprint density at radius 1 is 0.886 bits per heavy atom. The second-order valence-corrected chi connectivity index (χ2v) is 9.19. The molecule has 3 aromatic carbocycles. The summed E-state index contributed by atoms with van der Waals surface area (Å²) in [4.78, 5) is 17.5. The number of halogens is 3. The van der Waals surface area contributed by atoms with Gasteiger partial charge in [0.15, 0.2) is 0 Å². The summed E-state index contributed by atoms with van der Waals surface area (Å²) in [5, 5.41) is 6.66. The Morgan fingerprint density at radius 3 is 2.23 bits per heavy atom. The third kappa shape index (κ3) is 5.06. The molecule has 2 aliphatic heterocycles. The van der Waals surface area contributed by atoms with Crippen molar-refractivity contribution in [3.8, 4) is 0 Å². The highest BCUT2D eigenvalue weighted by Gasteiger charge is 2.35. The number of benzene rings is 3. The number of para-hydroxylation sites is 1. The Kier molecular flexibility index (Phi) is 6.79. The smallest absolute Gasteiger partial charge is 0.257 e. The quantitative estimate of drug-likeness (QED) is 0.494. The Morgan fingerprint density at radius 2 is 1.54 bits per heavy atom. The van der Waals surface area contributed by atoms with Gasteiger partial charge in [0, 0.05) is 43.2 Å². The van der Waals surface area contributed by atoms with Crippen LogP contribution < -0.4 is 4.90 Å². The third-order valence-corrected chi connectivity index (χ3v) is 6.78. The minimum Gasteiger partial charge on any atom is -0.367 e. The molecule has 3 aromatic rings. The van der Waals surface area contributed by atoms with Gasteiger partial charge in [0.2, 0.25) is 0 Å². The summed E-state index contributed by atoms with van der Waals surface area (Å²) in [5.41, 5.74) is 2.42. The van der Waals surface area contributed by atoms with Crippen molar-refractivity contribution in [3.63, 3.8) is 0 Å². The van der Waals surface area contributed by atoms with Crippen molar-refractivity contribution >= 4 is 28.9 Å². The van der Waals surface area contributed by atoms with Gasteiger partial charge in [0.1, 0.15) is 11.6 Å².